The molecule has 0 bridgehead atoms. The molecule has 2 heterocycles. The first-order valence-electron chi connectivity index (χ1n) is 6.08. The molecule has 0 aliphatic heterocycles. The fourth-order valence-electron chi connectivity index (χ4n) is 1.78. The average Bonchev–Trinajstić information content (AvgIpc) is 3.11. The molecule has 0 radical (unpaired) electrons. The van der Waals surface area contributed by atoms with E-state index < -0.39 is 0 Å². The van der Waals surface area contributed by atoms with E-state index in [9.17, 15) is 4.79 Å². The normalized spacial score (nSPS) is 10.4. The summed E-state index contributed by atoms with van der Waals surface area (Å²) in [5.41, 5.74) is 1.91. The topological polar surface area (TPSA) is 59.8 Å². The molecule has 0 atom stereocenters. The van der Waals surface area contributed by atoms with Gasteiger partial charge in [0.15, 0.2) is 5.13 Å². The van der Waals surface area contributed by atoms with Crippen LogP contribution in [0.1, 0.15) is 0 Å². The number of hydrogen-bond acceptors (Lipinski definition) is 4. The van der Waals surface area contributed by atoms with Gasteiger partial charge >= 0.3 is 0 Å². The molecule has 3 rings (SSSR count). The number of imidazole rings is 1. The number of nitrogens with zero attached hydrogens (tertiary/aromatic N) is 3. The van der Waals surface area contributed by atoms with Gasteiger partial charge in [-0.25, -0.2) is 9.97 Å². The van der Waals surface area contributed by atoms with Crippen molar-refractivity contribution in [2.45, 2.75) is 6.54 Å². The summed E-state index contributed by atoms with van der Waals surface area (Å²) >= 11 is 1.42. The molecule has 0 saturated heterocycles. The number of amides is 1. The van der Waals surface area contributed by atoms with E-state index in [2.05, 4.69) is 15.3 Å². The lowest BCUT2D eigenvalue weighted by atomic mass is 10.2. The Labute approximate surface area is 119 Å². The Balaban J connectivity index is 1.67. The smallest absolute Gasteiger partial charge is 0.246 e. The number of hydrogen-bond donors (Lipinski definition) is 1. The zero-order valence-corrected chi connectivity index (χ0v) is 11.4. The van der Waals surface area contributed by atoms with Gasteiger partial charge in [-0.05, 0) is 0 Å². The van der Waals surface area contributed by atoms with Gasteiger partial charge in [0.25, 0.3) is 0 Å². The number of aromatic nitrogens is 3. The van der Waals surface area contributed by atoms with Gasteiger partial charge in [0.2, 0.25) is 5.91 Å². The Morgan fingerprint density at radius 1 is 1.30 bits per heavy atom. The van der Waals surface area contributed by atoms with Crippen LogP contribution in [-0.4, -0.2) is 20.4 Å². The molecule has 0 spiro atoms. The average molecular weight is 284 g/mol. The van der Waals surface area contributed by atoms with Gasteiger partial charge < -0.3 is 9.88 Å². The highest BCUT2D eigenvalue weighted by atomic mass is 32.1. The lowest BCUT2D eigenvalue weighted by molar-refractivity contribution is -0.116. The molecule has 0 unspecified atom stereocenters. The van der Waals surface area contributed by atoms with E-state index in [1.165, 1.54) is 11.3 Å². The van der Waals surface area contributed by atoms with Crippen LogP contribution in [0, 0.1) is 0 Å². The van der Waals surface area contributed by atoms with E-state index in [1.54, 1.807) is 23.3 Å². The third-order valence-electron chi connectivity index (χ3n) is 2.71. The predicted molar refractivity (Wildman–Crippen MR) is 78.4 cm³/mol. The van der Waals surface area contributed by atoms with Gasteiger partial charge in [-0.2, -0.15) is 0 Å². The highest BCUT2D eigenvalue weighted by Gasteiger charge is 2.08. The number of carbonyl (C=O) groups excluding carboxylic acids is 1. The van der Waals surface area contributed by atoms with Crippen LogP contribution in [0.5, 0.6) is 0 Å². The molecule has 5 nitrogen and oxygen atoms in total. The van der Waals surface area contributed by atoms with Crippen LogP contribution < -0.4 is 5.32 Å². The zero-order valence-electron chi connectivity index (χ0n) is 10.6. The van der Waals surface area contributed by atoms with E-state index in [0.29, 0.717) is 5.13 Å². The van der Waals surface area contributed by atoms with Gasteiger partial charge in [0.05, 0.1) is 12.0 Å². The SMILES string of the molecule is O=C(Cn1ccnc1)Nc1nc(-c2ccccc2)cs1. The fraction of sp³-hybridized carbons (Fsp3) is 0.0714. The second kappa shape index (κ2) is 5.66. The summed E-state index contributed by atoms with van der Waals surface area (Å²) in [6.07, 6.45) is 5.00. The fourth-order valence-corrected chi connectivity index (χ4v) is 2.51. The molecule has 0 aliphatic carbocycles. The van der Waals surface area contributed by atoms with Crippen molar-refractivity contribution in [2.24, 2.45) is 0 Å². The van der Waals surface area contributed by atoms with E-state index >= 15 is 0 Å². The summed E-state index contributed by atoms with van der Waals surface area (Å²) in [5, 5.41) is 5.33. The maximum absolute atomic E-state index is 11.8. The number of carbonyl (C=O) groups is 1. The third kappa shape index (κ3) is 2.92. The number of rotatable bonds is 4. The van der Waals surface area contributed by atoms with E-state index in [-0.39, 0.29) is 12.5 Å². The van der Waals surface area contributed by atoms with E-state index in [4.69, 9.17) is 0 Å². The van der Waals surface area contributed by atoms with Crippen molar-refractivity contribution in [3.63, 3.8) is 0 Å². The van der Waals surface area contributed by atoms with Crippen LogP contribution in [-0.2, 0) is 11.3 Å². The first-order valence-corrected chi connectivity index (χ1v) is 6.96. The van der Waals surface area contributed by atoms with Gasteiger partial charge in [0.1, 0.15) is 6.54 Å². The van der Waals surface area contributed by atoms with Crippen molar-refractivity contribution >= 4 is 22.4 Å². The number of benzene rings is 1. The van der Waals surface area contributed by atoms with Crippen LogP contribution in [0.15, 0.2) is 54.4 Å². The van der Waals surface area contributed by atoms with Crippen molar-refractivity contribution in [1.29, 1.82) is 0 Å². The quantitative estimate of drug-likeness (QED) is 0.801. The summed E-state index contributed by atoms with van der Waals surface area (Å²) in [6, 6.07) is 9.87. The van der Waals surface area contributed by atoms with Gasteiger partial charge in [0, 0.05) is 23.3 Å². The molecule has 0 aliphatic rings. The summed E-state index contributed by atoms with van der Waals surface area (Å²) in [7, 11) is 0. The molecule has 100 valence electrons. The Kier molecular flexibility index (Phi) is 3.56. The minimum atomic E-state index is -0.114. The standard InChI is InChI=1S/C14H12N4OS/c19-13(8-18-7-6-15-10-18)17-14-16-12(9-20-14)11-4-2-1-3-5-11/h1-7,9-10H,8H2,(H,16,17,19). The Morgan fingerprint density at radius 2 is 2.15 bits per heavy atom. The number of thiazole rings is 1. The maximum atomic E-state index is 11.8. The largest absolute Gasteiger partial charge is 0.328 e. The van der Waals surface area contributed by atoms with Gasteiger partial charge in [-0.1, -0.05) is 30.3 Å². The Morgan fingerprint density at radius 3 is 2.90 bits per heavy atom. The molecule has 6 heteroatoms. The second-order valence-corrected chi connectivity index (χ2v) is 5.05. The highest BCUT2D eigenvalue weighted by Crippen LogP contribution is 2.24. The predicted octanol–water partition coefficient (Wildman–Crippen LogP) is 2.65. The molecule has 20 heavy (non-hydrogen) atoms. The molecule has 1 amide bonds. The van der Waals surface area contributed by atoms with Gasteiger partial charge in [-0.15, -0.1) is 11.3 Å². The van der Waals surface area contributed by atoms with Gasteiger partial charge in [-0.3, -0.25) is 4.79 Å². The monoisotopic (exact) mass is 284 g/mol. The maximum Gasteiger partial charge on any atom is 0.246 e. The molecule has 2 aromatic heterocycles. The minimum absolute atomic E-state index is 0.114. The van der Waals surface area contributed by atoms with Crippen molar-refractivity contribution < 1.29 is 4.79 Å². The highest BCUT2D eigenvalue weighted by molar-refractivity contribution is 7.14. The van der Waals surface area contributed by atoms with Crippen LogP contribution in [0.2, 0.25) is 0 Å². The number of nitrogens with one attached hydrogen (secondary N) is 1. The minimum Gasteiger partial charge on any atom is -0.328 e. The van der Waals surface area contributed by atoms with Crippen molar-refractivity contribution in [3.05, 3.63) is 54.4 Å². The molecular formula is C14H12N4OS. The zero-order chi connectivity index (χ0) is 13.8. The third-order valence-corrected chi connectivity index (χ3v) is 3.46. The summed E-state index contributed by atoms with van der Waals surface area (Å²) in [5.74, 6) is -0.114. The summed E-state index contributed by atoms with van der Waals surface area (Å²) < 4.78 is 1.71. The molecule has 1 N–H and O–H groups in total. The summed E-state index contributed by atoms with van der Waals surface area (Å²) in [6.45, 7) is 0.236. The van der Waals surface area contributed by atoms with E-state index in [1.807, 2.05) is 35.7 Å². The van der Waals surface area contributed by atoms with Crippen LogP contribution >= 0.6 is 11.3 Å². The molecule has 3 aromatic rings. The van der Waals surface area contributed by atoms with Crippen LogP contribution in [0.25, 0.3) is 11.3 Å². The molecule has 0 saturated carbocycles. The molecule has 0 fully saturated rings. The molecule has 1 aromatic carbocycles. The van der Waals surface area contributed by atoms with Crippen LogP contribution in [0.4, 0.5) is 5.13 Å². The summed E-state index contributed by atoms with van der Waals surface area (Å²) in [4.78, 5) is 20.1. The lowest BCUT2D eigenvalue weighted by Crippen LogP contribution is -2.17. The second-order valence-electron chi connectivity index (χ2n) is 4.19. The first-order chi connectivity index (χ1) is 9.81. The van der Waals surface area contributed by atoms with Crippen molar-refractivity contribution in [2.75, 3.05) is 5.32 Å². The Hall–Kier alpha value is -2.47. The lowest BCUT2D eigenvalue weighted by Gasteiger charge is -2.01. The molecular weight excluding hydrogens is 272 g/mol. The van der Waals surface area contributed by atoms with Crippen LogP contribution in [0.3, 0.4) is 0 Å². The van der Waals surface area contributed by atoms with E-state index in [0.717, 1.165) is 11.3 Å². The van der Waals surface area contributed by atoms with Crippen molar-refractivity contribution in [1.82, 2.24) is 14.5 Å². The first kappa shape index (κ1) is 12.6. The Bertz CT molecular complexity index is 691. The van der Waals surface area contributed by atoms with Crippen molar-refractivity contribution in [3.8, 4) is 11.3 Å². The number of anilines is 1.